The van der Waals surface area contributed by atoms with Gasteiger partial charge < -0.3 is 11.1 Å². The van der Waals surface area contributed by atoms with Crippen LogP contribution in [0.1, 0.15) is 15.9 Å². The Kier molecular flexibility index (Phi) is 5.58. The summed E-state index contributed by atoms with van der Waals surface area (Å²) in [5.74, 6) is -2.16. The first-order chi connectivity index (χ1) is 10.9. The molecular weight excluding hydrogens is 342 g/mol. The molecule has 0 unspecified atom stereocenters. The Balaban J connectivity index is 2.18. The van der Waals surface area contributed by atoms with Gasteiger partial charge in [0.05, 0.1) is 5.56 Å². The molecule has 0 bridgehead atoms. The zero-order valence-electron chi connectivity index (χ0n) is 11.9. The van der Waals surface area contributed by atoms with Gasteiger partial charge >= 0.3 is 0 Å². The van der Waals surface area contributed by atoms with Crippen molar-refractivity contribution >= 4 is 35.0 Å². The molecule has 0 fully saturated rings. The molecule has 1 atom stereocenters. The molecule has 0 saturated heterocycles. The maximum absolute atomic E-state index is 13.6. The largest absolute Gasteiger partial charge is 0.368 e. The highest BCUT2D eigenvalue weighted by atomic mass is 35.5. The number of hydrogen-bond acceptors (Lipinski definition) is 2. The molecule has 2 amide bonds. The summed E-state index contributed by atoms with van der Waals surface area (Å²) in [6.07, 6.45) is 0.0749. The molecule has 0 aliphatic carbocycles. The quantitative estimate of drug-likeness (QED) is 0.866. The lowest BCUT2D eigenvalue weighted by Gasteiger charge is -2.16. The highest BCUT2D eigenvalue weighted by Gasteiger charge is 2.22. The van der Waals surface area contributed by atoms with Gasteiger partial charge in [0, 0.05) is 16.5 Å². The summed E-state index contributed by atoms with van der Waals surface area (Å²) in [7, 11) is 0. The van der Waals surface area contributed by atoms with E-state index in [4.69, 9.17) is 28.9 Å². The third-order valence-electron chi connectivity index (χ3n) is 3.21. The second kappa shape index (κ2) is 7.44. The maximum Gasteiger partial charge on any atom is 0.254 e. The average molecular weight is 355 g/mol. The molecule has 2 rings (SSSR count). The minimum atomic E-state index is -1.03. The molecule has 0 aliphatic heterocycles. The molecule has 0 radical (unpaired) electrons. The van der Waals surface area contributed by atoms with E-state index < -0.39 is 23.7 Å². The van der Waals surface area contributed by atoms with Gasteiger partial charge in [0.2, 0.25) is 5.91 Å². The lowest BCUT2D eigenvalue weighted by atomic mass is 10.0. The number of primary amides is 1. The fourth-order valence-electron chi connectivity index (χ4n) is 2.01. The van der Waals surface area contributed by atoms with Crippen LogP contribution in [0.3, 0.4) is 0 Å². The number of carbonyl (C=O) groups excluding carboxylic acids is 2. The van der Waals surface area contributed by atoms with Crippen molar-refractivity contribution in [2.75, 3.05) is 0 Å². The smallest absolute Gasteiger partial charge is 0.254 e. The van der Waals surface area contributed by atoms with Crippen molar-refractivity contribution in [1.82, 2.24) is 5.32 Å². The molecule has 3 N–H and O–H groups in total. The lowest BCUT2D eigenvalue weighted by Crippen LogP contribution is -2.46. The zero-order chi connectivity index (χ0) is 17.0. The van der Waals surface area contributed by atoms with Crippen molar-refractivity contribution in [2.24, 2.45) is 5.73 Å². The van der Waals surface area contributed by atoms with E-state index in [0.717, 1.165) is 6.07 Å². The molecule has 0 spiro atoms. The number of nitrogens with two attached hydrogens (primary N) is 1. The van der Waals surface area contributed by atoms with Gasteiger partial charge in [0.15, 0.2) is 0 Å². The van der Waals surface area contributed by atoms with Crippen molar-refractivity contribution in [3.8, 4) is 0 Å². The number of amides is 2. The van der Waals surface area contributed by atoms with Gasteiger partial charge in [-0.25, -0.2) is 4.39 Å². The molecule has 2 aromatic rings. The number of hydrogen-bond donors (Lipinski definition) is 2. The molecular formula is C16H13Cl2FN2O2. The Morgan fingerprint density at radius 1 is 1.17 bits per heavy atom. The number of rotatable bonds is 5. The van der Waals surface area contributed by atoms with Gasteiger partial charge in [0.25, 0.3) is 5.91 Å². The minimum Gasteiger partial charge on any atom is -0.368 e. The second-order valence-electron chi connectivity index (χ2n) is 4.85. The van der Waals surface area contributed by atoms with Gasteiger partial charge in [-0.15, -0.1) is 0 Å². The molecule has 2 aromatic carbocycles. The highest BCUT2D eigenvalue weighted by molar-refractivity contribution is 6.35. The average Bonchev–Trinajstić information content (AvgIpc) is 2.49. The Bertz CT molecular complexity index is 753. The summed E-state index contributed by atoms with van der Waals surface area (Å²) in [4.78, 5) is 23.7. The van der Waals surface area contributed by atoms with Crippen LogP contribution in [0.15, 0.2) is 42.5 Å². The Morgan fingerprint density at radius 2 is 1.87 bits per heavy atom. The van der Waals surface area contributed by atoms with E-state index in [1.807, 2.05) is 0 Å². The van der Waals surface area contributed by atoms with Gasteiger partial charge in [-0.3, -0.25) is 9.59 Å². The van der Waals surface area contributed by atoms with E-state index in [2.05, 4.69) is 5.32 Å². The minimum absolute atomic E-state index is 0.0749. The van der Waals surface area contributed by atoms with Crippen LogP contribution < -0.4 is 11.1 Å². The molecule has 0 aromatic heterocycles. The summed E-state index contributed by atoms with van der Waals surface area (Å²) in [6, 6.07) is 9.20. The van der Waals surface area contributed by atoms with Crippen LogP contribution in [-0.2, 0) is 11.2 Å². The van der Waals surface area contributed by atoms with Crippen molar-refractivity contribution in [3.63, 3.8) is 0 Å². The van der Waals surface area contributed by atoms with Gasteiger partial charge in [-0.05, 0) is 29.8 Å². The predicted molar refractivity (Wildman–Crippen MR) is 87.0 cm³/mol. The van der Waals surface area contributed by atoms with E-state index in [9.17, 15) is 14.0 Å². The van der Waals surface area contributed by atoms with Gasteiger partial charge in [-0.1, -0.05) is 41.4 Å². The van der Waals surface area contributed by atoms with E-state index in [1.165, 1.54) is 24.3 Å². The summed E-state index contributed by atoms with van der Waals surface area (Å²) in [5, 5.41) is 3.22. The predicted octanol–water partition coefficient (Wildman–Crippen LogP) is 2.96. The number of nitrogens with one attached hydrogen (secondary N) is 1. The van der Waals surface area contributed by atoms with Gasteiger partial charge in [-0.2, -0.15) is 0 Å². The van der Waals surface area contributed by atoms with E-state index >= 15 is 0 Å². The number of carbonyl (C=O) groups is 2. The first-order valence-electron chi connectivity index (χ1n) is 6.67. The maximum atomic E-state index is 13.6. The fourth-order valence-corrected chi connectivity index (χ4v) is 2.50. The third-order valence-corrected chi connectivity index (χ3v) is 3.79. The zero-order valence-corrected chi connectivity index (χ0v) is 13.4. The van der Waals surface area contributed by atoms with Crippen LogP contribution >= 0.6 is 23.2 Å². The highest BCUT2D eigenvalue weighted by Crippen LogP contribution is 2.22. The van der Waals surface area contributed by atoms with Crippen LogP contribution in [-0.4, -0.2) is 17.9 Å². The first-order valence-corrected chi connectivity index (χ1v) is 7.42. The second-order valence-corrected chi connectivity index (χ2v) is 5.69. The van der Waals surface area contributed by atoms with Gasteiger partial charge in [0.1, 0.15) is 11.9 Å². The first kappa shape index (κ1) is 17.2. The van der Waals surface area contributed by atoms with Crippen LogP contribution in [0, 0.1) is 5.82 Å². The normalized spacial score (nSPS) is 11.8. The Labute approximate surface area is 142 Å². The van der Waals surface area contributed by atoms with E-state index in [-0.39, 0.29) is 12.0 Å². The van der Waals surface area contributed by atoms with Crippen molar-refractivity contribution < 1.29 is 14.0 Å². The molecule has 0 heterocycles. The summed E-state index contributed by atoms with van der Waals surface area (Å²) < 4.78 is 13.6. The molecule has 23 heavy (non-hydrogen) atoms. The monoisotopic (exact) mass is 354 g/mol. The molecule has 7 heteroatoms. The SMILES string of the molecule is NC(=O)[C@@H](Cc1ccc(Cl)cc1Cl)NC(=O)c1ccccc1F. The van der Waals surface area contributed by atoms with Crippen LogP contribution in [0.5, 0.6) is 0 Å². The summed E-state index contributed by atoms with van der Waals surface area (Å²) in [6.45, 7) is 0. The van der Waals surface area contributed by atoms with Crippen LogP contribution in [0.4, 0.5) is 4.39 Å². The molecule has 4 nitrogen and oxygen atoms in total. The van der Waals surface area contributed by atoms with E-state index in [1.54, 1.807) is 12.1 Å². The van der Waals surface area contributed by atoms with Crippen molar-refractivity contribution in [2.45, 2.75) is 12.5 Å². The fraction of sp³-hybridized carbons (Fsp3) is 0.125. The number of halogens is 3. The summed E-state index contributed by atoms with van der Waals surface area (Å²) >= 11 is 11.9. The molecule has 0 aliphatic rings. The summed E-state index contributed by atoms with van der Waals surface area (Å²) in [5.41, 5.74) is 5.74. The topological polar surface area (TPSA) is 72.2 Å². The van der Waals surface area contributed by atoms with Crippen LogP contribution in [0.25, 0.3) is 0 Å². The Morgan fingerprint density at radius 3 is 2.48 bits per heavy atom. The molecule has 120 valence electrons. The van der Waals surface area contributed by atoms with Crippen LogP contribution in [0.2, 0.25) is 10.0 Å². The molecule has 0 saturated carbocycles. The Hall–Kier alpha value is -2.11. The van der Waals surface area contributed by atoms with E-state index in [0.29, 0.717) is 15.6 Å². The van der Waals surface area contributed by atoms with Crippen molar-refractivity contribution in [3.05, 3.63) is 69.5 Å². The third kappa shape index (κ3) is 4.43. The lowest BCUT2D eigenvalue weighted by molar-refractivity contribution is -0.119. The standard InChI is InChI=1S/C16H13Cl2FN2O2/c17-10-6-5-9(12(18)8-10)7-14(15(20)22)21-16(23)11-3-1-2-4-13(11)19/h1-6,8,14H,7H2,(H2,20,22)(H,21,23)/t14-/m1/s1. The number of benzene rings is 2. The van der Waals surface area contributed by atoms with Crippen molar-refractivity contribution in [1.29, 1.82) is 0 Å².